The molecule has 5 nitrogen and oxygen atoms in total. The Kier molecular flexibility index (Phi) is 4.83. The van der Waals surface area contributed by atoms with E-state index in [1.807, 2.05) is 35.2 Å². The zero-order valence-electron chi connectivity index (χ0n) is 14.6. The Morgan fingerprint density at radius 1 is 1.08 bits per heavy atom. The summed E-state index contributed by atoms with van der Waals surface area (Å²) in [6.45, 7) is 3.67. The minimum absolute atomic E-state index is 0.152. The number of carbonyl (C=O) groups excluding carboxylic acids is 1. The molecule has 0 atom stereocenters. The van der Waals surface area contributed by atoms with E-state index >= 15 is 0 Å². The van der Waals surface area contributed by atoms with Crippen LogP contribution in [0.3, 0.4) is 0 Å². The third-order valence-electron chi connectivity index (χ3n) is 5.41. The molecule has 2 fully saturated rings. The van der Waals surface area contributed by atoms with Gasteiger partial charge in [-0.05, 0) is 25.0 Å². The lowest BCUT2D eigenvalue weighted by Crippen LogP contribution is -2.51. The predicted octanol–water partition coefficient (Wildman–Crippen LogP) is 2.97. The summed E-state index contributed by atoms with van der Waals surface area (Å²) in [5.41, 5.74) is 1.65. The minimum atomic E-state index is 0.152. The molecule has 2 heterocycles. The Bertz CT molecular complexity index is 699. The van der Waals surface area contributed by atoms with Crippen LogP contribution in [0.4, 0.5) is 0 Å². The summed E-state index contributed by atoms with van der Waals surface area (Å²) in [6.07, 6.45) is 7.30. The van der Waals surface area contributed by atoms with Crippen molar-refractivity contribution in [2.24, 2.45) is 0 Å². The van der Waals surface area contributed by atoms with Crippen molar-refractivity contribution < 1.29 is 9.21 Å². The van der Waals surface area contributed by atoms with Gasteiger partial charge in [0.2, 0.25) is 11.8 Å². The van der Waals surface area contributed by atoms with Gasteiger partial charge in [0, 0.05) is 37.8 Å². The number of aromatic nitrogens is 1. The number of nitrogens with zero attached hydrogens (tertiary/aromatic N) is 3. The average molecular weight is 339 g/mol. The third-order valence-corrected chi connectivity index (χ3v) is 5.41. The van der Waals surface area contributed by atoms with E-state index in [-0.39, 0.29) is 5.91 Å². The van der Waals surface area contributed by atoms with E-state index in [1.54, 1.807) is 6.26 Å². The lowest BCUT2D eigenvalue weighted by Gasteiger charge is -2.38. The molecule has 1 aromatic carbocycles. The van der Waals surface area contributed by atoms with Gasteiger partial charge in [0.05, 0.1) is 12.1 Å². The second-order valence-electron chi connectivity index (χ2n) is 7.04. The van der Waals surface area contributed by atoms with Crippen LogP contribution in [0.5, 0.6) is 0 Å². The normalized spacial score (nSPS) is 19.4. The monoisotopic (exact) mass is 339 g/mol. The van der Waals surface area contributed by atoms with Gasteiger partial charge >= 0.3 is 0 Å². The van der Waals surface area contributed by atoms with E-state index < -0.39 is 0 Å². The molecule has 0 spiro atoms. The molecule has 2 aliphatic rings. The maximum atomic E-state index is 12.6. The first-order valence-corrected chi connectivity index (χ1v) is 9.31. The molecule has 1 saturated heterocycles. The Morgan fingerprint density at radius 2 is 1.80 bits per heavy atom. The summed E-state index contributed by atoms with van der Waals surface area (Å²) in [5, 5.41) is 0. The average Bonchev–Trinajstić information content (AvgIpc) is 3.35. The van der Waals surface area contributed by atoms with E-state index in [1.165, 1.54) is 25.7 Å². The number of hydrogen-bond acceptors (Lipinski definition) is 4. The molecule has 25 heavy (non-hydrogen) atoms. The molecule has 0 unspecified atom stereocenters. The van der Waals surface area contributed by atoms with Crippen LogP contribution in [0.1, 0.15) is 31.4 Å². The molecule has 5 heteroatoms. The summed E-state index contributed by atoms with van der Waals surface area (Å²) in [5.74, 6) is 0.730. The highest BCUT2D eigenvalue weighted by Crippen LogP contribution is 2.24. The van der Waals surface area contributed by atoms with Crippen LogP contribution in [-0.2, 0) is 11.2 Å². The van der Waals surface area contributed by atoms with E-state index in [4.69, 9.17) is 4.42 Å². The van der Waals surface area contributed by atoms with Crippen molar-refractivity contribution in [2.45, 2.75) is 38.1 Å². The van der Waals surface area contributed by atoms with Gasteiger partial charge in [-0.1, -0.05) is 31.0 Å². The van der Waals surface area contributed by atoms with E-state index in [9.17, 15) is 4.79 Å². The molecule has 2 aromatic rings. The largest absolute Gasteiger partial charge is 0.444 e. The van der Waals surface area contributed by atoms with Gasteiger partial charge in [-0.15, -0.1) is 0 Å². The maximum absolute atomic E-state index is 12.6. The molecule has 132 valence electrons. The standard InChI is InChI=1S/C20H25N3O2/c24-19(23-12-10-22(11-13-23)18-8-4-5-9-18)14-17-15-25-20(21-17)16-6-2-1-3-7-16/h1-3,6-7,15,18H,4-5,8-14H2. The van der Waals surface area contributed by atoms with Crippen molar-refractivity contribution in [3.8, 4) is 11.5 Å². The Hall–Kier alpha value is -2.14. The smallest absolute Gasteiger partial charge is 0.228 e. The molecule has 4 rings (SSSR count). The fourth-order valence-electron chi connectivity index (χ4n) is 3.97. The molecule has 0 N–H and O–H groups in total. The molecule has 1 aromatic heterocycles. The quantitative estimate of drug-likeness (QED) is 0.859. The van der Waals surface area contributed by atoms with Crippen molar-refractivity contribution in [3.63, 3.8) is 0 Å². The van der Waals surface area contributed by atoms with Crippen molar-refractivity contribution in [2.75, 3.05) is 26.2 Å². The van der Waals surface area contributed by atoms with Gasteiger partial charge in [-0.2, -0.15) is 0 Å². The highest BCUT2D eigenvalue weighted by molar-refractivity contribution is 5.78. The van der Waals surface area contributed by atoms with Gasteiger partial charge in [-0.3, -0.25) is 9.69 Å². The highest BCUT2D eigenvalue weighted by Gasteiger charge is 2.28. The Morgan fingerprint density at radius 3 is 2.52 bits per heavy atom. The molecule has 1 aliphatic carbocycles. The number of carbonyl (C=O) groups is 1. The van der Waals surface area contributed by atoms with Gasteiger partial charge in [0.15, 0.2) is 0 Å². The van der Waals surface area contributed by atoms with Crippen LogP contribution in [0.2, 0.25) is 0 Å². The number of hydrogen-bond donors (Lipinski definition) is 0. The third kappa shape index (κ3) is 3.76. The number of piperazine rings is 1. The molecule has 1 saturated carbocycles. The van der Waals surface area contributed by atoms with Crippen LogP contribution in [0.15, 0.2) is 41.0 Å². The molecule has 0 radical (unpaired) electrons. The minimum Gasteiger partial charge on any atom is -0.444 e. The summed E-state index contributed by atoms with van der Waals surface area (Å²) in [7, 11) is 0. The first-order chi connectivity index (χ1) is 12.3. The zero-order chi connectivity index (χ0) is 17.1. The van der Waals surface area contributed by atoms with Gasteiger partial charge in [0.1, 0.15) is 6.26 Å². The van der Waals surface area contributed by atoms with Gasteiger partial charge in [0.25, 0.3) is 0 Å². The molecule has 1 amide bonds. The van der Waals surface area contributed by atoms with Crippen LogP contribution < -0.4 is 0 Å². The maximum Gasteiger partial charge on any atom is 0.228 e. The van der Waals surface area contributed by atoms with Gasteiger partial charge in [-0.25, -0.2) is 4.98 Å². The van der Waals surface area contributed by atoms with E-state index in [0.717, 1.165) is 37.8 Å². The summed E-state index contributed by atoms with van der Waals surface area (Å²) in [4.78, 5) is 21.6. The first kappa shape index (κ1) is 16.3. The highest BCUT2D eigenvalue weighted by atomic mass is 16.3. The van der Waals surface area contributed by atoms with Gasteiger partial charge < -0.3 is 9.32 Å². The SMILES string of the molecule is O=C(Cc1coc(-c2ccccc2)n1)N1CCN(C2CCCC2)CC1. The number of amides is 1. The molecule has 0 bridgehead atoms. The van der Waals surface area contributed by atoms with Crippen LogP contribution >= 0.6 is 0 Å². The topological polar surface area (TPSA) is 49.6 Å². The molecular weight excluding hydrogens is 314 g/mol. The fraction of sp³-hybridized carbons (Fsp3) is 0.500. The van der Waals surface area contributed by atoms with Crippen LogP contribution in [0.25, 0.3) is 11.5 Å². The fourth-order valence-corrected chi connectivity index (χ4v) is 3.97. The van der Waals surface area contributed by atoms with Crippen molar-refractivity contribution in [3.05, 3.63) is 42.3 Å². The molecule has 1 aliphatic heterocycles. The zero-order valence-corrected chi connectivity index (χ0v) is 14.6. The van der Waals surface area contributed by atoms with Crippen molar-refractivity contribution in [1.82, 2.24) is 14.8 Å². The first-order valence-electron chi connectivity index (χ1n) is 9.31. The van der Waals surface area contributed by atoms with Crippen LogP contribution in [-0.4, -0.2) is 52.9 Å². The number of rotatable bonds is 4. The lowest BCUT2D eigenvalue weighted by molar-refractivity contribution is -0.132. The van der Waals surface area contributed by atoms with Crippen LogP contribution in [0, 0.1) is 0 Å². The second kappa shape index (κ2) is 7.40. The summed E-state index contributed by atoms with van der Waals surface area (Å²) in [6, 6.07) is 10.5. The Balaban J connectivity index is 1.31. The summed E-state index contributed by atoms with van der Waals surface area (Å²) >= 11 is 0. The Labute approximate surface area is 148 Å². The van der Waals surface area contributed by atoms with E-state index in [0.29, 0.717) is 18.0 Å². The predicted molar refractivity (Wildman–Crippen MR) is 96.1 cm³/mol. The number of oxazole rings is 1. The molecular formula is C20H25N3O2. The number of benzene rings is 1. The lowest BCUT2D eigenvalue weighted by atomic mass is 10.1. The van der Waals surface area contributed by atoms with Crippen molar-refractivity contribution in [1.29, 1.82) is 0 Å². The summed E-state index contributed by atoms with van der Waals surface area (Å²) < 4.78 is 5.53. The van der Waals surface area contributed by atoms with E-state index in [2.05, 4.69) is 9.88 Å². The second-order valence-corrected chi connectivity index (χ2v) is 7.04. The van der Waals surface area contributed by atoms with Crippen molar-refractivity contribution >= 4 is 5.91 Å².